The molecule has 3 aromatic carbocycles. The van der Waals surface area contributed by atoms with Crippen molar-refractivity contribution < 1.29 is 14.7 Å². The van der Waals surface area contributed by atoms with Gasteiger partial charge in [0.15, 0.2) is 0 Å². The number of nitrogens with zero attached hydrogens (tertiary/aromatic N) is 2. The van der Waals surface area contributed by atoms with Crippen LogP contribution in [0.25, 0.3) is 10.8 Å². The van der Waals surface area contributed by atoms with Crippen molar-refractivity contribution in [1.82, 2.24) is 9.97 Å². The Bertz CT molecular complexity index is 1330. The first kappa shape index (κ1) is 22.0. The summed E-state index contributed by atoms with van der Waals surface area (Å²) in [4.78, 5) is 32.7. The van der Waals surface area contributed by atoms with E-state index in [-0.39, 0.29) is 12.3 Å². The molecule has 33 heavy (non-hydrogen) atoms. The number of aryl methyl sites for hydroxylation is 1. The van der Waals surface area contributed by atoms with Crippen LogP contribution in [0.5, 0.6) is 0 Å². The van der Waals surface area contributed by atoms with E-state index < -0.39 is 5.97 Å². The van der Waals surface area contributed by atoms with Crippen LogP contribution in [0.3, 0.4) is 0 Å². The smallest absolute Gasteiger partial charge is 0.308 e. The average Bonchev–Trinajstić information content (AvgIpc) is 2.81. The molecule has 166 valence electrons. The lowest BCUT2D eigenvalue weighted by Crippen LogP contribution is -2.12. The molecule has 0 bridgehead atoms. The van der Waals surface area contributed by atoms with E-state index in [1.165, 1.54) is 0 Å². The summed E-state index contributed by atoms with van der Waals surface area (Å²) < 4.78 is 0. The number of nitrogens with one attached hydrogen (secondary N) is 2. The zero-order chi connectivity index (χ0) is 23.4. The van der Waals surface area contributed by atoms with Gasteiger partial charge in [-0.25, -0.2) is 9.97 Å². The van der Waals surface area contributed by atoms with Gasteiger partial charge in [-0.15, -0.1) is 0 Å². The highest BCUT2D eigenvalue weighted by Gasteiger charge is 2.14. The third-order valence-electron chi connectivity index (χ3n) is 5.41. The Balaban J connectivity index is 1.46. The molecule has 0 aliphatic rings. The van der Waals surface area contributed by atoms with Crippen LogP contribution in [0.1, 0.15) is 33.0 Å². The Morgan fingerprint density at radius 1 is 0.939 bits per heavy atom. The van der Waals surface area contributed by atoms with Gasteiger partial charge in [0.25, 0.3) is 5.91 Å². The van der Waals surface area contributed by atoms with Gasteiger partial charge in [0.1, 0.15) is 11.6 Å². The highest BCUT2D eigenvalue weighted by molar-refractivity contribution is 6.06. The minimum absolute atomic E-state index is 0.131. The van der Waals surface area contributed by atoms with Crippen LogP contribution in [0.15, 0.2) is 66.7 Å². The number of hydrogen-bond acceptors (Lipinski definition) is 5. The molecule has 7 heteroatoms. The fourth-order valence-corrected chi connectivity index (χ4v) is 3.72. The summed E-state index contributed by atoms with van der Waals surface area (Å²) in [6, 6.07) is 21.1. The molecule has 1 aromatic heterocycles. The SMILES string of the molecule is CNc1nc(Cc2ccc(NC(=O)c3ccc4ccccc4c3)cc2)nc(C)c1CC(=O)O. The predicted molar refractivity (Wildman–Crippen MR) is 129 cm³/mol. The summed E-state index contributed by atoms with van der Waals surface area (Å²) in [6.07, 6.45) is 0.357. The lowest BCUT2D eigenvalue weighted by atomic mass is 10.1. The fraction of sp³-hybridized carbons (Fsp3) is 0.154. The number of carboxylic acids is 1. The average molecular weight is 441 g/mol. The number of hydrogen-bond donors (Lipinski definition) is 3. The van der Waals surface area contributed by atoms with E-state index in [1.54, 1.807) is 14.0 Å². The standard InChI is InChI=1S/C26H24N4O3/c1-16-22(15-24(31)32)25(27-2)30-23(28-16)13-17-7-11-21(12-8-17)29-26(33)20-10-9-18-5-3-4-6-19(18)14-20/h3-12,14H,13,15H2,1-2H3,(H,29,33)(H,31,32)(H,27,28,30). The van der Waals surface area contributed by atoms with Crippen LogP contribution in [-0.4, -0.2) is 34.0 Å². The molecule has 0 saturated heterocycles. The van der Waals surface area contributed by atoms with Gasteiger partial charge in [-0.1, -0.05) is 42.5 Å². The number of fused-ring (bicyclic) bond motifs is 1. The molecule has 3 N–H and O–H groups in total. The molecule has 0 aliphatic carbocycles. The zero-order valence-corrected chi connectivity index (χ0v) is 18.4. The molecule has 0 unspecified atom stereocenters. The Hall–Kier alpha value is -4.26. The minimum atomic E-state index is -0.924. The number of carboxylic acid groups (broad SMARTS) is 1. The predicted octanol–water partition coefficient (Wildman–Crippen LogP) is 4.45. The summed E-state index contributed by atoms with van der Waals surface area (Å²) >= 11 is 0. The van der Waals surface area contributed by atoms with Crippen molar-refractivity contribution in [2.24, 2.45) is 0 Å². The lowest BCUT2D eigenvalue weighted by molar-refractivity contribution is -0.136. The molecule has 0 radical (unpaired) electrons. The van der Waals surface area contributed by atoms with Crippen molar-refractivity contribution in [2.75, 3.05) is 17.7 Å². The zero-order valence-electron chi connectivity index (χ0n) is 18.4. The monoisotopic (exact) mass is 440 g/mol. The van der Waals surface area contributed by atoms with Crippen molar-refractivity contribution in [3.8, 4) is 0 Å². The fourth-order valence-electron chi connectivity index (χ4n) is 3.72. The summed E-state index contributed by atoms with van der Waals surface area (Å²) in [7, 11) is 1.71. The van der Waals surface area contributed by atoms with Crippen molar-refractivity contribution >= 4 is 34.2 Å². The number of anilines is 2. The number of carbonyl (C=O) groups excluding carboxylic acids is 1. The summed E-state index contributed by atoms with van der Waals surface area (Å²) in [5, 5.41) is 17.1. The Morgan fingerprint density at radius 3 is 2.36 bits per heavy atom. The van der Waals surface area contributed by atoms with Gasteiger partial charge >= 0.3 is 5.97 Å². The first-order valence-corrected chi connectivity index (χ1v) is 10.6. The van der Waals surface area contributed by atoms with Gasteiger partial charge in [0, 0.05) is 36.0 Å². The van der Waals surface area contributed by atoms with E-state index >= 15 is 0 Å². The Labute approximate surface area is 191 Å². The molecule has 0 fully saturated rings. The molecule has 0 aliphatic heterocycles. The first-order chi connectivity index (χ1) is 15.9. The van der Waals surface area contributed by atoms with Crippen LogP contribution in [-0.2, 0) is 17.6 Å². The van der Waals surface area contributed by atoms with Gasteiger partial charge in [-0.3, -0.25) is 9.59 Å². The number of carbonyl (C=O) groups is 2. The quantitative estimate of drug-likeness (QED) is 0.392. The van der Waals surface area contributed by atoms with E-state index in [4.69, 9.17) is 5.11 Å². The van der Waals surface area contributed by atoms with Crippen LogP contribution < -0.4 is 10.6 Å². The van der Waals surface area contributed by atoms with Gasteiger partial charge in [0.05, 0.1) is 6.42 Å². The third kappa shape index (κ3) is 5.15. The minimum Gasteiger partial charge on any atom is -0.481 e. The van der Waals surface area contributed by atoms with Gasteiger partial charge in [-0.2, -0.15) is 0 Å². The first-order valence-electron chi connectivity index (χ1n) is 10.6. The third-order valence-corrected chi connectivity index (χ3v) is 5.41. The van der Waals surface area contributed by atoms with Crippen LogP contribution >= 0.6 is 0 Å². The second-order valence-corrected chi connectivity index (χ2v) is 7.76. The van der Waals surface area contributed by atoms with Crippen LogP contribution in [0.2, 0.25) is 0 Å². The maximum Gasteiger partial charge on any atom is 0.308 e. The Kier molecular flexibility index (Phi) is 6.31. The maximum atomic E-state index is 12.7. The maximum absolute atomic E-state index is 12.7. The number of aliphatic carboxylic acids is 1. The molecular formula is C26H24N4O3. The van der Waals surface area contributed by atoms with E-state index in [9.17, 15) is 9.59 Å². The molecule has 0 atom stereocenters. The molecule has 4 rings (SSSR count). The number of amides is 1. The van der Waals surface area contributed by atoms with Crippen LogP contribution in [0.4, 0.5) is 11.5 Å². The lowest BCUT2D eigenvalue weighted by Gasteiger charge is -2.12. The molecule has 0 saturated carbocycles. The van der Waals surface area contributed by atoms with Crippen molar-refractivity contribution in [2.45, 2.75) is 19.8 Å². The second kappa shape index (κ2) is 9.48. The summed E-state index contributed by atoms with van der Waals surface area (Å²) in [5.74, 6) is 0.0329. The van der Waals surface area contributed by atoms with Crippen LogP contribution in [0, 0.1) is 6.92 Å². The van der Waals surface area contributed by atoms with Crippen molar-refractivity contribution in [3.05, 3.63) is 94.9 Å². The van der Waals surface area contributed by atoms with Crippen molar-refractivity contribution in [3.63, 3.8) is 0 Å². The highest BCUT2D eigenvalue weighted by atomic mass is 16.4. The molecule has 4 aromatic rings. The van der Waals surface area contributed by atoms with Crippen molar-refractivity contribution in [1.29, 1.82) is 0 Å². The largest absolute Gasteiger partial charge is 0.481 e. The van der Waals surface area contributed by atoms with Gasteiger partial charge < -0.3 is 15.7 Å². The van der Waals surface area contributed by atoms with Gasteiger partial charge in [-0.05, 0) is 47.5 Å². The van der Waals surface area contributed by atoms with E-state index in [2.05, 4.69) is 20.6 Å². The molecule has 1 amide bonds. The second-order valence-electron chi connectivity index (χ2n) is 7.76. The Morgan fingerprint density at radius 2 is 1.67 bits per heavy atom. The normalized spacial score (nSPS) is 10.7. The number of benzene rings is 3. The van der Waals surface area contributed by atoms with E-state index in [1.807, 2.05) is 66.7 Å². The van der Waals surface area contributed by atoms with E-state index in [0.717, 1.165) is 16.3 Å². The molecule has 1 heterocycles. The summed E-state index contributed by atoms with van der Waals surface area (Å²) in [6.45, 7) is 1.79. The number of rotatable bonds is 7. The van der Waals surface area contributed by atoms with E-state index in [0.29, 0.717) is 40.6 Å². The van der Waals surface area contributed by atoms with Gasteiger partial charge in [0.2, 0.25) is 0 Å². The topological polar surface area (TPSA) is 104 Å². The number of aromatic nitrogens is 2. The molecular weight excluding hydrogens is 416 g/mol. The molecule has 7 nitrogen and oxygen atoms in total. The summed E-state index contributed by atoms with van der Waals surface area (Å²) in [5.41, 5.74) is 3.50. The highest BCUT2D eigenvalue weighted by Crippen LogP contribution is 2.20. The molecule has 0 spiro atoms.